The third-order valence-electron chi connectivity index (χ3n) is 2.99. The van der Waals surface area contributed by atoms with Crippen molar-refractivity contribution in [1.82, 2.24) is 10.6 Å². The van der Waals surface area contributed by atoms with E-state index in [1.807, 2.05) is 32.9 Å². The molecule has 0 spiro atoms. The Bertz CT molecular complexity index is 457. The minimum Gasteiger partial charge on any atom is -0.444 e. The van der Waals surface area contributed by atoms with E-state index in [1.165, 1.54) is 4.88 Å². The highest BCUT2D eigenvalue weighted by Crippen LogP contribution is 2.21. The van der Waals surface area contributed by atoms with E-state index in [0.29, 0.717) is 6.54 Å². The van der Waals surface area contributed by atoms with E-state index in [0.717, 1.165) is 30.1 Å². The van der Waals surface area contributed by atoms with Crippen LogP contribution in [0.3, 0.4) is 0 Å². The van der Waals surface area contributed by atoms with Crippen molar-refractivity contribution in [2.24, 2.45) is 0 Å². The fourth-order valence-corrected chi connectivity index (χ4v) is 2.98. The first kappa shape index (κ1) is 19.3. The fraction of sp³-hybridized carbons (Fsp3) is 0.688. The number of halogens is 1. The summed E-state index contributed by atoms with van der Waals surface area (Å²) in [5.74, 6) is 0. The van der Waals surface area contributed by atoms with Gasteiger partial charge in [-0.1, -0.05) is 31.4 Å². The first-order chi connectivity index (χ1) is 10.3. The number of carbonyl (C=O) groups excluding carboxylic acids is 1. The second-order valence-corrected chi connectivity index (χ2v) is 8.11. The summed E-state index contributed by atoms with van der Waals surface area (Å²) in [6.45, 7) is 9.08. The van der Waals surface area contributed by atoms with Crippen LogP contribution in [-0.2, 0) is 11.3 Å². The van der Waals surface area contributed by atoms with Gasteiger partial charge >= 0.3 is 6.09 Å². The topological polar surface area (TPSA) is 50.4 Å². The van der Waals surface area contributed by atoms with Crippen LogP contribution >= 0.6 is 22.9 Å². The van der Waals surface area contributed by atoms with Crippen LogP contribution in [0.15, 0.2) is 12.1 Å². The third kappa shape index (κ3) is 8.61. The lowest BCUT2D eigenvalue weighted by molar-refractivity contribution is 0.0521. The van der Waals surface area contributed by atoms with E-state index in [-0.39, 0.29) is 12.1 Å². The number of alkyl carbamates (subject to hydrolysis) is 1. The molecule has 1 atom stereocenters. The first-order valence-corrected chi connectivity index (χ1v) is 8.94. The average molecular weight is 347 g/mol. The largest absolute Gasteiger partial charge is 0.444 e. The number of thiophene rings is 1. The number of carbonyl (C=O) groups is 1. The maximum Gasteiger partial charge on any atom is 0.407 e. The molecule has 0 radical (unpaired) electrons. The van der Waals surface area contributed by atoms with Crippen molar-refractivity contribution in [3.05, 3.63) is 21.3 Å². The Morgan fingerprint density at radius 1 is 1.41 bits per heavy atom. The van der Waals surface area contributed by atoms with Crippen molar-refractivity contribution < 1.29 is 9.53 Å². The zero-order chi connectivity index (χ0) is 16.6. The molecule has 0 saturated heterocycles. The Morgan fingerprint density at radius 2 is 2.14 bits per heavy atom. The van der Waals surface area contributed by atoms with Gasteiger partial charge in [0.05, 0.1) is 4.34 Å². The third-order valence-corrected chi connectivity index (χ3v) is 4.22. The van der Waals surface area contributed by atoms with Gasteiger partial charge < -0.3 is 15.4 Å². The van der Waals surface area contributed by atoms with Gasteiger partial charge in [-0.3, -0.25) is 0 Å². The Kier molecular flexibility index (Phi) is 8.21. The molecule has 1 amide bonds. The van der Waals surface area contributed by atoms with E-state index >= 15 is 0 Å². The van der Waals surface area contributed by atoms with E-state index in [9.17, 15) is 4.79 Å². The normalized spacial score (nSPS) is 13.0. The molecule has 1 rings (SSSR count). The van der Waals surface area contributed by atoms with Gasteiger partial charge in [0.15, 0.2) is 0 Å². The molecule has 4 nitrogen and oxygen atoms in total. The molecule has 1 unspecified atom stereocenters. The number of nitrogens with one attached hydrogen (secondary N) is 2. The van der Waals surface area contributed by atoms with E-state index in [1.54, 1.807) is 11.3 Å². The minimum absolute atomic E-state index is 0.230. The van der Waals surface area contributed by atoms with Gasteiger partial charge in [0.25, 0.3) is 0 Å². The van der Waals surface area contributed by atoms with Gasteiger partial charge in [-0.2, -0.15) is 0 Å². The maximum absolute atomic E-state index is 11.7. The molecule has 0 saturated carbocycles. The smallest absolute Gasteiger partial charge is 0.407 e. The molecule has 0 aliphatic heterocycles. The molecular weight excluding hydrogens is 320 g/mol. The molecule has 126 valence electrons. The van der Waals surface area contributed by atoms with Crippen LogP contribution in [0.1, 0.15) is 51.8 Å². The lowest BCUT2D eigenvalue weighted by Gasteiger charge is -2.22. The minimum atomic E-state index is -0.468. The molecule has 1 heterocycles. The van der Waals surface area contributed by atoms with Crippen molar-refractivity contribution in [3.8, 4) is 0 Å². The van der Waals surface area contributed by atoms with Gasteiger partial charge in [-0.15, -0.1) is 11.3 Å². The molecule has 0 aliphatic carbocycles. The lowest BCUT2D eigenvalue weighted by Crippen LogP contribution is -2.42. The lowest BCUT2D eigenvalue weighted by atomic mass is 10.1. The second-order valence-electron chi connectivity index (χ2n) is 6.31. The second kappa shape index (κ2) is 9.38. The molecule has 2 N–H and O–H groups in total. The number of hydrogen-bond donors (Lipinski definition) is 2. The predicted molar refractivity (Wildman–Crippen MR) is 93.7 cm³/mol. The summed E-state index contributed by atoms with van der Waals surface area (Å²) in [5, 5.41) is 6.33. The number of rotatable bonds is 8. The molecule has 6 heteroatoms. The van der Waals surface area contributed by atoms with Crippen LogP contribution in [0.25, 0.3) is 0 Å². The van der Waals surface area contributed by atoms with Gasteiger partial charge in [0.2, 0.25) is 0 Å². The van der Waals surface area contributed by atoms with Crippen molar-refractivity contribution >= 4 is 29.0 Å². The fourth-order valence-electron chi connectivity index (χ4n) is 1.94. The number of hydrogen-bond acceptors (Lipinski definition) is 4. The molecule has 0 aliphatic rings. The zero-order valence-electron chi connectivity index (χ0n) is 13.9. The maximum atomic E-state index is 11.7. The summed E-state index contributed by atoms with van der Waals surface area (Å²) < 4.78 is 6.07. The highest BCUT2D eigenvalue weighted by Gasteiger charge is 2.17. The van der Waals surface area contributed by atoms with Crippen LogP contribution in [0.2, 0.25) is 4.34 Å². The van der Waals surface area contributed by atoms with Crippen molar-refractivity contribution in [2.75, 3.05) is 6.54 Å². The quantitative estimate of drug-likeness (QED) is 0.724. The van der Waals surface area contributed by atoms with Gasteiger partial charge in [0.1, 0.15) is 5.60 Å². The van der Waals surface area contributed by atoms with Crippen molar-refractivity contribution in [2.45, 2.75) is 65.1 Å². The molecule has 1 aromatic rings. The average Bonchev–Trinajstić information content (AvgIpc) is 2.81. The number of unbranched alkanes of at least 4 members (excludes halogenated alkanes) is 1. The molecule has 0 aromatic carbocycles. The van der Waals surface area contributed by atoms with Crippen LogP contribution in [0.5, 0.6) is 0 Å². The first-order valence-electron chi connectivity index (χ1n) is 7.74. The number of ether oxygens (including phenoxy) is 1. The Labute approximate surface area is 142 Å². The van der Waals surface area contributed by atoms with Crippen molar-refractivity contribution in [1.29, 1.82) is 0 Å². The monoisotopic (exact) mass is 346 g/mol. The van der Waals surface area contributed by atoms with Crippen LogP contribution in [0.4, 0.5) is 4.79 Å². The van der Waals surface area contributed by atoms with Crippen molar-refractivity contribution in [3.63, 3.8) is 0 Å². The summed E-state index contributed by atoms with van der Waals surface area (Å²) in [7, 11) is 0. The van der Waals surface area contributed by atoms with E-state index in [4.69, 9.17) is 16.3 Å². The van der Waals surface area contributed by atoms with Crippen LogP contribution < -0.4 is 10.6 Å². The predicted octanol–water partition coefficient (Wildman–Crippen LogP) is 4.57. The van der Waals surface area contributed by atoms with E-state index < -0.39 is 5.60 Å². The summed E-state index contributed by atoms with van der Waals surface area (Å²) >= 11 is 7.52. The highest BCUT2D eigenvalue weighted by molar-refractivity contribution is 7.16. The molecule has 0 fully saturated rings. The Hall–Kier alpha value is -0.780. The standard InChI is InChI=1S/C16H27ClN2O2S/c1-5-6-7-12(10-19-15(20)21-16(2,3)4)18-11-13-8-9-14(17)22-13/h8-9,12,18H,5-7,10-11H2,1-4H3,(H,19,20). The Balaban J connectivity index is 2.41. The summed E-state index contributed by atoms with van der Waals surface area (Å²) in [6, 6.07) is 4.16. The molecule has 22 heavy (non-hydrogen) atoms. The number of amides is 1. The zero-order valence-corrected chi connectivity index (χ0v) is 15.4. The molecule has 1 aromatic heterocycles. The highest BCUT2D eigenvalue weighted by atomic mass is 35.5. The van der Waals surface area contributed by atoms with Gasteiger partial charge in [-0.05, 0) is 39.3 Å². The molecular formula is C16H27ClN2O2S. The van der Waals surface area contributed by atoms with Crippen LogP contribution in [-0.4, -0.2) is 24.3 Å². The van der Waals surface area contributed by atoms with Gasteiger partial charge in [-0.25, -0.2) is 4.79 Å². The van der Waals surface area contributed by atoms with E-state index in [2.05, 4.69) is 17.6 Å². The SMILES string of the molecule is CCCCC(CNC(=O)OC(C)(C)C)NCc1ccc(Cl)s1. The molecule has 0 bridgehead atoms. The summed E-state index contributed by atoms with van der Waals surface area (Å²) in [6.07, 6.45) is 2.91. The summed E-state index contributed by atoms with van der Waals surface area (Å²) in [5.41, 5.74) is -0.468. The Morgan fingerprint density at radius 3 is 2.68 bits per heavy atom. The van der Waals surface area contributed by atoms with Crippen LogP contribution in [0, 0.1) is 0 Å². The summed E-state index contributed by atoms with van der Waals surface area (Å²) in [4.78, 5) is 12.9. The van der Waals surface area contributed by atoms with Gasteiger partial charge in [0, 0.05) is 24.0 Å².